The highest BCUT2D eigenvalue weighted by Gasteiger charge is 2.51. The molecule has 27 heavy (non-hydrogen) atoms. The summed E-state index contributed by atoms with van der Waals surface area (Å²) in [4.78, 5) is 27.7. The first-order valence-corrected chi connectivity index (χ1v) is 9.78. The van der Waals surface area contributed by atoms with Crippen LogP contribution in [-0.2, 0) is 14.3 Å². The number of rotatable bonds is 4. The predicted molar refractivity (Wildman–Crippen MR) is 103 cm³/mol. The van der Waals surface area contributed by atoms with Crippen LogP contribution in [0.3, 0.4) is 0 Å². The molecule has 1 saturated heterocycles. The lowest BCUT2D eigenvalue weighted by Gasteiger charge is -2.43. The fourth-order valence-corrected chi connectivity index (χ4v) is 4.57. The number of amides is 1. The van der Waals surface area contributed by atoms with Crippen molar-refractivity contribution in [3.05, 3.63) is 71.8 Å². The molecule has 1 spiro atoms. The monoisotopic (exact) mass is 363 g/mol. The third-order valence-corrected chi connectivity index (χ3v) is 5.96. The van der Waals surface area contributed by atoms with Crippen LogP contribution < -0.4 is 0 Å². The van der Waals surface area contributed by atoms with Crippen LogP contribution in [0.4, 0.5) is 0 Å². The van der Waals surface area contributed by atoms with Crippen molar-refractivity contribution in [1.29, 1.82) is 0 Å². The number of nitrogens with zero attached hydrogens (tertiary/aromatic N) is 1. The lowest BCUT2D eigenvalue weighted by molar-refractivity contribution is -0.174. The molecule has 2 aromatic rings. The quantitative estimate of drug-likeness (QED) is 0.774. The highest BCUT2D eigenvalue weighted by atomic mass is 16.5. The zero-order valence-corrected chi connectivity index (χ0v) is 15.5. The average Bonchev–Trinajstić information content (AvgIpc) is 3.20. The Bertz CT molecular complexity index is 757. The molecule has 1 aliphatic heterocycles. The summed E-state index contributed by atoms with van der Waals surface area (Å²) in [5.74, 6) is -0.182. The van der Waals surface area contributed by atoms with E-state index in [-0.39, 0.29) is 17.8 Å². The molecule has 0 N–H and O–H groups in total. The largest absolute Gasteiger partial charge is 0.462 e. The molecule has 1 saturated carbocycles. The van der Waals surface area contributed by atoms with Crippen LogP contribution in [0.1, 0.15) is 49.1 Å². The van der Waals surface area contributed by atoms with Gasteiger partial charge in [-0.05, 0) is 24.0 Å². The lowest BCUT2D eigenvalue weighted by Crippen LogP contribution is -2.60. The van der Waals surface area contributed by atoms with E-state index in [0.29, 0.717) is 19.6 Å². The number of hydrogen-bond acceptors (Lipinski definition) is 3. The van der Waals surface area contributed by atoms with E-state index in [2.05, 4.69) is 24.3 Å². The van der Waals surface area contributed by atoms with Crippen molar-refractivity contribution in [2.24, 2.45) is 0 Å². The number of carbonyl (C=O) groups is 2. The maximum absolute atomic E-state index is 13.4. The van der Waals surface area contributed by atoms with Gasteiger partial charge in [0, 0.05) is 12.3 Å². The maximum atomic E-state index is 13.4. The third-order valence-electron chi connectivity index (χ3n) is 5.96. The summed E-state index contributed by atoms with van der Waals surface area (Å²) in [5.41, 5.74) is 1.52. The van der Waals surface area contributed by atoms with Crippen LogP contribution in [0.25, 0.3) is 0 Å². The van der Waals surface area contributed by atoms with Gasteiger partial charge < -0.3 is 9.64 Å². The minimum absolute atomic E-state index is 0.0173. The molecule has 2 aromatic carbocycles. The summed E-state index contributed by atoms with van der Waals surface area (Å²) in [6.45, 7) is 0.800. The van der Waals surface area contributed by atoms with E-state index in [1.165, 1.54) is 0 Å². The first-order valence-electron chi connectivity index (χ1n) is 9.78. The van der Waals surface area contributed by atoms with Gasteiger partial charge in [0.2, 0.25) is 5.91 Å². The van der Waals surface area contributed by atoms with Gasteiger partial charge in [0.25, 0.3) is 0 Å². The van der Waals surface area contributed by atoms with Gasteiger partial charge in [-0.3, -0.25) is 4.79 Å². The van der Waals surface area contributed by atoms with Crippen LogP contribution in [0.15, 0.2) is 60.7 Å². The molecule has 2 aliphatic rings. The zero-order chi connectivity index (χ0) is 18.7. The molecular weight excluding hydrogens is 338 g/mol. The molecule has 0 atom stereocenters. The van der Waals surface area contributed by atoms with E-state index >= 15 is 0 Å². The molecule has 1 aliphatic carbocycles. The van der Waals surface area contributed by atoms with Gasteiger partial charge in [0.05, 0.1) is 6.54 Å². The Morgan fingerprint density at radius 3 is 2.07 bits per heavy atom. The fourth-order valence-electron chi connectivity index (χ4n) is 4.57. The van der Waals surface area contributed by atoms with Crippen molar-refractivity contribution in [3.8, 4) is 0 Å². The van der Waals surface area contributed by atoms with E-state index in [0.717, 1.165) is 36.8 Å². The summed E-state index contributed by atoms with van der Waals surface area (Å²) in [6, 6.07) is 20.3. The van der Waals surface area contributed by atoms with E-state index in [1.807, 2.05) is 41.3 Å². The number of carbonyl (C=O) groups excluding carboxylic acids is 2. The number of cyclic esters (lactones) is 1. The van der Waals surface area contributed by atoms with Gasteiger partial charge in [-0.2, -0.15) is 0 Å². The first-order chi connectivity index (χ1) is 13.2. The molecule has 0 unspecified atom stereocenters. The van der Waals surface area contributed by atoms with E-state index < -0.39 is 5.54 Å². The SMILES string of the molecule is O=C(CC(c1ccccc1)c1ccccc1)N1CCOC(=O)C12CCCC2. The Kier molecular flexibility index (Phi) is 4.97. The van der Waals surface area contributed by atoms with Gasteiger partial charge in [0.1, 0.15) is 12.1 Å². The smallest absolute Gasteiger partial charge is 0.332 e. The fraction of sp³-hybridized carbons (Fsp3) is 0.391. The van der Waals surface area contributed by atoms with Crippen molar-refractivity contribution >= 4 is 11.9 Å². The Morgan fingerprint density at radius 1 is 0.963 bits per heavy atom. The molecule has 0 aromatic heterocycles. The second-order valence-corrected chi connectivity index (χ2v) is 7.50. The molecular formula is C23H25NO3. The van der Waals surface area contributed by atoms with Gasteiger partial charge in [0.15, 0.2) is 0 Å². The summed E-state index contributed by atoms with van der Waals surface area (Å²) in [5, 5.41) is 0. The summed E-state index contributed by atoms with van der Waals surface area (Å²) >= 11 is 0. The topological polar surface area (TPSA) is 46.6 Å². The number of morpholine rings is 1. The van der Waals surface area contributed by atoms with E-state index in [1.54, 1.807) is 0 Å². The maximum Gasteiger partial charge on any atom is 0.332 e. The van der Waals surface area contributed by atoms with Crippen molar-refractivity contribution in [3.63, 3.8) is 0 Å². The molecule has 0 bridgehead atoms. The van der Waals surface area contributed by atoms with Crippen LogP contribution in [0.5, 0.6) is 0 Å². The molecule has 0 radical (unpaired) electrons. The summed E-state index contributed by atoms with van der Waals surface area (Å²) in [6.07, 6.45) is 3.75. The van der Waals surface area contributed by atoms with Crippen molar-refractivity contribution in [2.75, 3.05) is 13.2 Å². The Labute approximate surface area is 160 Å². The number of ether oxygens (including phenoxy) is 1. The van der Waals surface area contributed by atoms with Crippen LogP contribution in [0.2, 0.25) is 0 Å². The van der Waals surface area contributed by atoms with Crippen molar-refractivity contribution in [2.45, 2.75) is 43.6 Å². The highest BCUT2D eigenvalue weighted by molar-refractivity contribution is 5.89. The number of esters is 1. The predicted octanol–water partition coefficient (Wildman–Crippen LogP) is 3.91. The van der Waals surface area contributed by atoms with E-state index in [4.69, 9.17) is 4.74 Å². The first kappa shape index (κ1) is 17.8. The number of benzene rings is 2. The van der Waals surface area contributed by atoms with Gasteiger partial charge in [-0.1, -0.05) is 73.5 Å². The Balaban J connectivity index is 1.63. The number of hydrogen-bond donors (Lipinski definition) is 0. The average molecular weight is 363 g/mol. The van der Waals surface area contributed by atoms with Gasteiger partial charge in [-0.15, -0.1) is 0 Å². The minimum Gasteiger partial charge on any atom is -0.462 e. The molecule has 1 heterocycles. The molecule has 2 fully saturated rings. The second-order valence-electron chi connectivity index (χ2n) is 7.50. The van der Waals surface area contributed by atoms with Crippen molar-refractivity contribution in [1.82, 2.24) is 4.90 Å². The summed E-state index contributed by atoms with van der Waals surface area (Å²) < 4.78 is 5.34. The van der Waals surface area contributed by atoms with Crippen LogP contribution in [0, 0.1) is 0 Å². The van der Waals surface area contributed by atoms with E-state index in [9.17, 15) is 9.59 Å². The zero-order valence-electron chi connectivity index (χ0n) is 15.5. The van der Waals surface area contributed by atoms with Crippen molar-refractivity contribution < 1.29 is 14.3 Å². The minimum atomic E-state index is -0.729. The van der Waals surface area contributed by atoms with Crippen LogP contribution in [-0.4, -0.2) is 35.5 Å². The van der Waals surface area contributed by atoms with Gasteiger partial charge in [-0.25, -0.2) is 4.79 Å². The highest BCUT2D eigenvalue weighted by Crippen LogP contribution is 2.40. The Hall–Kier alpha value is -2.62. The van der Waals surface area contributed by atoms with Crippen LogP contribution >= 0.6 is 0 Å². The Morgan fingerprint density at radius 2 is 1.52 bits per heavy atom. The molecule has 4 heteroatoms. The normalized spacial score (nSPS) is 18.7. The lowest BCUT2D eigenvalue weighted by atomic mass is 9.86. The third kappa shape index (κ3) is 3.36. The summed E-state index contributed by atoms with van der Waals surface area (Å²) in [7, 11) is 0. The second kappa shape index (κ2) is 7.55. The standard InChI is InChI=1S/C23H25NO3/c25-21(24-15-16-27-22(26)23(24)13-7-8-14-23)17-20(18-9-3-1-4-10-18)19-11-5-2-6-12-19/h1-6,9-12,20H,7-8,13-17H2. The molecule has 4 nitrogen and oxygen atoms in total. The molecule has 4 rings (SSSR count). The molecule has 1 amide bonds. The molecule has 140 valence electrons. The van der Waals surface area contributed by atoms with Gasteiger partial charge >= 0.3 is 5.97 Å².